The summed E-state index contributed by atoms with van der Waals surface area (Å²) >= 11 is 10.7. The molecular formula is C20H18ClN5OS3. The van der Waals surface area contributed by atoms with Crippen LogP contribution in [0.25, 0.3) is 10.7 Å². The molecule has 0 aliphatic rings. The van der Waals surface area contributed by atoms with Gasteiger partial charge in [-0.3, -0.25) is 4.79 Å². The highest BCUT2D eigenvalue weighted by Crippen LogP contribution is 2.29. The Morgan fingerprint density at radius 2 is 2.00 bits per heavy atom. The molecule has 4 rings (SSSR count). The number of hydrogen-bond donors (Lipinski definition) is 1. The van der Waals surface area contributed by atoms with Crippen molar-refractivity contribution < 1.29 is 4.79 Å². The van der Waals surface area contributed by atoms with Crippen molar-refractivity contribution in [1.82, 2.24) is 19.7 Å². The molecule has 0 spiro atoms. The smallest absolute Gasteiger partial charge is 0.219 e. The largest absolute Gasteiger partial charge is 0.370 e. The number of benzene rings is 1. The minimum absolute atomic E-state index is 0.242. The predicted octanol–water partition coefficient (Wildman–Crippen LogP) is 4.88. The number of carbonyl (C=O) groups excluding carboxylic acids is 1. The Labute approximate surface area is 191 Å². The van der Waals surface area contributed by atoms with E-state index in [1.807, 2.05) is 46.3 Å². The summed E-state index contributed by atoms with van der Waals surface area (Å²) in [6.07, 6.45) is 1.02. The standard InChI is InChI=1S/C20H18ClN5OS3/c21-14-5-3-13(4-6-14)10-18-23-15(11-29-18)12-30-20-25-24-19(16-2-1-9-28-16)26(20)8-7-17(22)27/h1-6,9,11H,7-8,10,12H2,(H2,22,27). The summed E-state index contributed by atoms with van der Waals surface area (Å²) in [4.78, 5) is 17.1. The van der Waals surface area contributed by atoms with Gasteiger partial charge in [0, 0.05) is 35.5 Å². The number of nitrogens with zero attached hydrogens (tertiary/aromatic N) is 4. The molecule has 4 aromatic rings. The molecule has 0 atom stereocenters. The first-order valence-electron chi connectivity index (χ1n) is 9.14. The van der Waals surface area contributed by atoms with Gasteiger partial charge in [0.25, 0.3) is 0 Å². The minimum Gasteiger partial charge on any atom is -0.370 e. The molecule has 2 N–H and O–H groups in total. The molecule has 6 nitrogen and oxygen atoms in total. The van der Waals surface area contributed by atoms with E-state index in [1.54, 1.807) is 34.4 Å². The van der Waals surface area contributed by atoms with Crippen LogP contribution in [-0.4, -0.2) is 25.7 Å². The zero-order valence-electron chi connectivity index (χ0n) is 15.8. The summed E-state index contributed by atoms with van der Waals surface area (Å²) in [5, 5.41) is 15.3. The average Bonchev–Trinajstić information content (AvgIpc) is 3.47. The van der Waals surface area contributed by atoms with Crippen LogP contribution in [0.3, 0.4) is 0 Å². The van der Waals surface area contributed by atoms with E-state index in [0.29, 0.717) is 12.3 Å². The highest BCUT2D eigenvalue weighted by molar-refractivity contribution is 7.98. The Bertz CT molecular complexity index is 1120. The van der Waals surface area contributed by atoms with Crippen molar-refractivity contribution in [3.8, 4) is 10.7 Å². The number of primary amides is 1. The number of thioether (sulfide) groups is 1. The van der Waals surface area contributed by atoms with Crippen LogP contribution < -0.4 is 5.73 Å². The first-order chi connectivity index (χ1) is 14.6. The van der Waals surface area contributed by atoms with Gasteiger partial charge in [-0.05, 0) is 29.1 Å². The third kappa shape index (κ3) is 5.28. The Morgan fingerprint density at radius 3 is 2.73 bits per heavy atom. The average molecular weight is 476 g/mol. The molecule has 0 bridgehead atoms. The third-order valence-electron chi connectivity index (χ3n) is 4.26. The molecule has 30 heavy (non-hydrogen) atoms. The van der Waals surface area contributed by atoms with Gasteiger partial charge in [0.15, 0.2) is 11.0 Å². The lowest BCUT2D eigenvalue weighted by Gasteiger charge is -2.07. The van der Waals surface area contributed by atoms with Crippen LogP contribution in [0.2, 0.25) is 5.02 Å². The Balaban J connectivity index is 1.45. The molecule has 1 amide bonds. The molecule has 0 aliphatic heterocycles. The fourth-order valence-electron chi connectivity index (χ4n) is 2.82. The van der Waals surface area contributed by atoms with E-state index in [0.717, 1.165) is 38.0 Å². The lowest BCUT2D eigenvalue weighted by molar-refractivity contribution is -0.118. The number of aromatic nitrogens is 4. The summed E-state index contributed by atoms with van der Waals surface area (Å²) < 4.78 is 1.96. The normalized spacial score (nSPS) is 11.1. The van der Waals surface area contributed by atoms with Gasteiger partial charge in [0.1, 0.15) is 0 Å². The van der Waals surface area contributed by atoms with Crippen LogP contribution in [0.4, 0.5) is 0 Å². The molecule has 3 heterocycles. The highest BCUT2D eigenvalue weighted by Gasteiger charge is 2.16. The minimum atomic E-state index is -0.344. The van der Waals surface area contributed by atoms with Gasteiger partial charge in [-0.1, -0.05) is 41.6 Å². The first kappa shape index (κ1) is 21.0. The van der Waals surface area contributed by atoms with Gasteiger partial charge in [-0.15, -0.1) is 32.9 Å². The van der Waals surface area contributed by atoms with Gasteiger partial charge < -0.3 is 10.3 Å². The van der Waals surface area contributed by atoms with E-state index in [9.17, 15) is 4.79 Å². The molecule has 10 heteroatoms. The summed E-state index contributed by atoms with van der Waals surface area (Å²) in [7, 11) is 0. The van der Waals surface area contributed by atoms with Crippen LogP contribution in [-0.2, 0) is 23.5 Å². The summed E-state index contributed by atoms with van der Waals surface area (Å²) in [5.41, 5.74) is 7.53. The Morgan fingerprint density at radius 1 is 1.17 bits per heavy atom. The van der Waals surface area contributed by atoms with Crippen LogP contribution in [0.5, 0.6) is 0 Å². The maximum atomic E-state index is 11.3. The SMILES string of the molecule is NC(=O)CCn1c(SCc2csc(Cc3ccc(Cl)cc3)n2)nnc1-c1cccs1. The zero-order valence-corrected chi connectivity index (χ0v) is 19.0. The number of nitrogens with two attached hydrogens (primary N) is 1. The Hall–Kier alpha value is -2.20. The van der Waals surface area contributed by atoms with E-state index < -0.39 is 0 Å². The molecular weight excluding hydrogens is 458 g/mol. The van der Waals surface area contributed by atoms with Crippen molar-refractivity contribution in [2.75, 3.05) is 0 Å². The lowest BCUT2D eigenvalue weighted by Crippen LogP contribution is -2.14. The first-order valence-corrected chi connectivity index (χ1v) is 12.3. The van der Waals surface area contributed by atoms with Crippen molar-refractivity contribution in [1.29, 1.82) is 0 Å². The maximum absolute atomic E-state index is 11.3. The van der Waals surface area contributed by atoms with Gasteiger partial charge >= 0.3 is 0 Å². The van der Waals surface area contributed by atoms with Crippen LogP contribution >= 0.6 is 46.0 Å². The van der Waals surface area contributed by atoms with Crippen molar-refractivity contribution in [3.05, 3.63) is 68.4 Å². The zero-order chi connectivity index (χ0) is 20.9. The second-order valence-electron chi connectivity index (χ2n) is 6.48. The van der Waals surface area contributed by atoms with Crippen LogP contribution in [0.1, 0.15) is 22.7 Å². The molecule has 0 saturated heterocycles. The number of amides is 1. The van der Waals surface area contributed by atoms with E-state index in [-0.39, 0.29) is 12.3 Å². The van der Waals surface area contributed by atoms with Crippen molar-refractivity contribution in [3.63, 3.8) is 0 Å². The number of thiazole rings is 1. The maximum Gasteiger partial charge on any atom is 0.219 e. The van der Waals surface area contributed by atoms with E-state index in [1.165, 1.54) is 5.56 Å². The van der Waals surface area contributed by atoms with Crippen LogP contribution in [0, 0.1) is 0 Å². The predicted molar refractivity (Wildman–Crippen MR) is 123 cm³/mol. The molecule has 0 radical (unpaired) electrons. The van der Waals surface area contributed by atoms with Crippen molar-refractivity contribution in [2.45, 2.75) is 30.3 Å². The lowest BCUT2D eigenvalue weighted by atomic mass is 10.2. The quantitative estimate of drug-likeness (QED) is 0.349. The van der Waals surface area contributed by atoms with Crippen molar-refractivity contribution >= 4 is 51.9 Å². The number of halogens is 1. The molecule has 0 unspecified atom stereocenters. The van der Waals surface area contributed by atoms with Gasteiger partial charge in [-0.2, -0.15) is 0 Å². The number of carbonyl (C=O) groups is 1. The summed E-state index contributed by atoms with van der Waals surface area (Å²) in [6.45, 7) is 0.455. The van der Waals surface area contributed by atoms with E-state index >= 15 is 0 Å². The van der Waals surface area contributed by atoms with Gasteiger partial charge in [0.05, 0.1) is 15.6 Å². The van der Waals surface area contributed by atoms with Crippen molar-refractivity contribution in [2.24, 2.45) is 5.73 Å². The number of thiophene rings is 1. The Kier molecular flexibility index (Phi) is 6.83. The third-order valence-corrected chi connectivity index (χ3v) is 7.27. The fourth-order valence-corrected chi connectivity index (χ4v) is 5.45. The molecule has 0 saturated carbocycles. The van der Waals surface area contributed by atoms with Crippen LogP contribution in [0.15, 0.2) is 52.3 Å². The van der Waals surface area contributed by atoms with Gasteiger partial charge in [0.2, 0.25) is 5.91 Å². The van der Waals surface area contributed by atoms with E-state index in [4.69, 9.17) is 22.3 Å². The molecule has 0 fully saturated rings. The molecule has 154 valence electrons. The number of rotatable bonds is 9. The molecule has 1 aromatic carbocycles. The monoisotopic (exact) mass is 475 g/mol. The topological polar surface area (TPSA) is 86.7 Å². The second-order valence-corrected chi connectivity index (χ2v) is 9.75. The van der Waals surface area contributed by atoms with E-state index in [2.05, 4.69) is 15.6 Å². The second kappa shape index (κ2) is 9.74. The number of hydrogen-bond acceptors (Lipinski definition) is 7. The highest BCUT2D eigenvalue weighted by atomic mass is 35.5. The molecule has 0 aliphatic carbocycles. The molecule has 3 aromatic heterocycles. The summed E-state index contributed by atoms with van der Waals surface area (Å²) in [6, 6.07) is 11.8. The van der Waals surface area contributed by atoms with Gasteiger partial charge in [-0.25, -0.2) is 4.98 Å². The fraction of sp³-hybridized carbons (Fsp3) is 0.200. The summed E-state index contributed by atoms with van der Waals surface area (Å²) in [5.74, 6) is 1.09.